The topological polar surface area (TPSA) is 65.9 Å². The molecule has 3 N–H and O–H groups in total. The van der Waals surface area contributed by atoms with Gasteiger partial charge in [0.2, 0.25) is 0 Å². The maximum absolute atomic E-state index is 9.34. The lowest BCUT2D eigenvalue weighted by molar-refractivity contribution is 0.0258. The maximum atomic E-state index is 9.34. The molecule has 0 saturated heterocycles. The van der Waals surface area contributed by atoms with Crippen molar-refractivity contribution >= 4 is 5.96 Å². The number of hydrogen-bond donors (Lipinski definition) is 3. The molecule has 0 aromatic heterocycles. The number of guanidine groups is 1. The van der Waals surface area contributed by atoms with Crippen molar-refractivity contribution < 1.29 is 9.84 Å². The number of aliphatic imine (C=N–C) groups is 1. The molecule has 0 aliphatic carbocycles. The van der Waals surface area contributed by atoms with Crippen molar-refractivity contribution in [3.8, 4) is 0 Å². The zero-order valence-electron chi connectivity index (χ0n) is 16.8. The fourth-order valence-electron chi connectivity index (χ4n) is 2.89. The largest absolute Gasteiger partial charge is 0.396 e. The molecule has 0 bridgehead atoms. The van der Waals surface area contributed by atoms with E-state index in [0.29, 0.717) is 5.92 Å². The Labute approximate surface area is 149 Å². The number of nitrogens with zero attached hydrogens (tertiary/aromatic N) is 1. The molecule has 0 aliphatic heterocycles. The third kappa shape index (κ3) is 8.88. The van der Waals surface area contributed by atoms with Crippen molar-refractivity contribution in [1.82, 2.24) is 10.6 Å². The van der Waals surface area contributed by atoms with E-state index < -0.39 is 0 Å². The Morgan fingerprint density at radius 1 is 1.12 bits per heavy atom. The van der Waals surface area contributed by atoms with Crippen molar-refractivity contribution in [3.63, 3.8) is 0 Å². The average Bonchev–Trinajstić information content (AvgIpc) is 2.57. The first kappa shape index (κ1) is 23.2. The predicted octanol–water partition coefficient (Wildman–Crippen LogP) is 3.18. The van der Waals surface area contributed by atoms with Crippen molar-refractivity contribution in [1.29, 1.82) is 0 Å². The Bertz CT molecular complexity index is 329. The van der Waals surface area contributed by atoms with E-state index >= 15 is 0 Å². The normalized spacial score (nSPS) is 14.1. The van der Waals surface area contributed by atoms with Crippen LogP contribution in [0.15, 0.2) is 4.99 Å². The summed E-state index contributed by atoms with van der Waals surface area (Å²) in [6.45, 7) is 16.3. The van der Waals surface area contributed by atoms with Crippen LogP contribution in [0.1, 0.15) is 67.2 Å². The summed E-state index contributed by atoms with van der Waals surface area (Å²) in [5.74, 6) is 1.38. The van der Waals surface area contributed by atoms with Crippen molar-refractivity contribution in [2.75, 3.05) is 32.8 Å². The van der Waals surface area contributed by atoms with Gasteiger partial charge in [-0.3, -0.25) is 4.99 Å². The summed E-state index contributed by atoms with van der Waals surface area (Å²) in [4.78, 5) is 4.78. The molecule has 0 spiro atoms. The molecule has 0 aliphatic rings. The van der Waals surface area contributed by atoms with Crippen LogP contribution in [0.25, 0.3) is 0 Å². The SMILES string of the molecule is CCNC(=NCC(CC)(CC)CCO)NCCC(OCC)C(C)C. The molecular weight excluding hydrogens is 302 g/mol. The third-order valence-corrected chi connectivity index (χ3v) is 4.90. The van der Waals surface area contributed by atoms with Gasteiger partial charge in [0.25, 0.3) is 0 Å². The van der Waals surface area contributed by atoms with Gasteiger partial charge in [0.15, 0.2) is 5.96 Å². The number of aliphatic hydroxyl groups excluding tert-OH is 1. The Hall–Kier alpha value is -0.810. The van der Waals surface area contributed by atoms with E-state index in [2.05, 4.69) is 45.3 Å². The second-order valence-electron chi connectivity index (χ2n) is 6.83. The molecule has 0 radical (unpaired) electrons. The second kappa shape index (κ2) is 13.5. The highest BCUT2D eigenvalue weighted by Gasteiger charge is 2.25. The minimum Gasteiger partial charge on any atom is -0.396 e. The Kier molecular flexibility index (Phi) is 13.0. The van der Waals surface area contributed by atoms with Crippen molar-refractivity contribution in [2.45, 2.75) is 73.3 Å². The van der Waals surface area contributed by atoms with E-state index in [0.717, 1.165) is 57.9 Å². The number of nitrogens with one attached hydrogen (secondary N) is 2. The molecule has 0 saturated carbocycles. The minimum absolute atomic E-state index is 0.100. The van der Waals surface area contributed by atoms with Crippen LogP contribution in [0, 0.1) is 11.3 Å². The van der Waals surface area contributed by atoms with E-state index in [9.17, 15) is 5.11 Å². The predicted molar refractivity (Wildman–Crippen MR) is 104 cm³/mol. The summed E-state index contributed by atoms with van der Waals surface area (Å²) in [6.07, 6.45) is 4.13. The van der Waals surface area contributed by atoms with Crippen LogP contribution >= 0.6 is 0 Å². The summed E-state index contributed by atoms with van der Waals surface area (Å²) >= 11 is 0. The summed E-state index contributed by atoms with van der Waals surface area (Å²) in [5, 5.41) is 16.1. The van der Waals surface area contributed by atoms with Gasteiger partial charge in [0, 0.05) is 32.8 Å². The highest BCUT2D eigenvalue weighted by molar-refractivity contribution is 5.79. The van der Waals surface area contributed by atoms with Gasteiger partial charge in [-0.1, -0.05) is 27.7 Å². The van der Waals surface area contributed by atoms with Crippen LogP contribution in [-0.4, -0.2) is 50.0 Å². The fraction of sp³-hybridized carbons (Fsp3) is 0.947. The van der Waals surface area contributed by atoms with Crippen molar-refractivity contribution in [2.24, 2.45) is 16.3 Å². The van der Waals surface area contributed by atoms with Crippen molar-refractivity contribution in [3.05, 3.63) is 0 Å². The van der Waals surface area contributed by atoms with E-state index in [1.807, 2.05) is 6.92 Å². The Morgan fingerprint density at radius 3 is 2.25 bits per heavy atom. The van der Waals surface area contributed by atoms with E-state index in [1.165, 1.54) is 0 Å². The summed E-state index contributed by atoms with van der Waals surface area (Å²) < 4.78 is 5.80. The molecule has 0 aromatic carbocycles. The van der Waals surface area contributed by atoms with Crippen LogP contribution in [0.2, 0.25) is 0 Å². The molecule has 0 fully saturated rings. The average molecular weight is 344 g/mol. The molecule has 1 atom stereocenters. The van der Waals surface area contributed by atoms with Gasteiger partial charge in [-0.15, -0.1) is 0 Å². The first-order valence-electron chi connectivity index (χ1n) is 9.73. The molecule has 0 rings (SSSR count). The van der Waals surface area contributed by atoms with E-state index in [4.69, 9.17) is 9.73 Å². The minimum atomic E-state index is 0.100. The van der Waals surface area contributed by atoms with Crippen LogP contribution in [-0.2, 0) is 4.74 Å². The zero-order chi connectivity index (χ0) is 18.4. The van der Waals surface area contributed by atoms with Gasteiger partial charge in [-0.2, -0.15) is 0 Å². The van der Waals surface area contributed by atoms with Crippen LogP contribution in [0.3, 0.4) is 0 Å². The lowest BCUT2D eigenvalue weighted by Gasteiger charge is -2.29. The molecule has 1 unspecified atom stereocenters. The van der Waals surface area contributed by atoms with Crippen LogP contribution in [0.4, 0.5) is 0 Å². The summed E-state index contributed by atoms with van der Waals surface area (Å²) in [6, 6.07) is 0. The number of aliphatic hydroxyl groups is 1. The lowest BCUT2D eigenvalue weighted by atomic mass is 9.79. The van der Waals surface area contributed by atoms with Crippen LogP contribution in [0.5, 0.6) is 0 Å². The van der Waals surface area contributed by atoms with Gasteiger partial charge < -0.3 is 20.5 Å². The van der Waals surface area contributed by atoms with Gasteiger partial charge in [-0.05, 0) is 50.9 Å². The number of ether oxygens (including phenoxy) is 1. The Balaban J connectivity index is 4.66. The van der Waals surface area contributed by atoms with E-state index in [-0.39, 0.29) is 18.1 Å². The molecule has 0 aromatic rings. The first-order valence-corrected chi connectivity index (χ1v) is 9.73. The third-order valence-electron chi connectivity index (χ3n) is 4.90. The van der Waals surface area contributed by atoms with Gasteiger partial charge in [0.1, 0.15) is 0 Å². The smallest absolute Gasteiger partial charge is 0.191 e. The molecular formula is C19H41N3O2. The van der Waals surface area contributed by atoms with E-state index in [1.54, 1.807) is 0 Å². The molecule has 24 heavy (non-hydrogen) atoms. The van der Waals surface area contributed by atoms with Crippen LogP contribution < -0.4 is 10.6 Å². The zero-order valence-corrected chi connectivity index (χ0v) is 16.8. The standard InChI is InChI=1S/C19H41N3O2/c1-7-19(8-2,12-14-23)15-22-18(20-9-3)21-13-11-17(16(5)6)24-10-4/h16-17,23H,7-15H2,1-6H3,(H2,20,21,22). The number of rotatable bonds is 13. The quantitative estimate of drug-likeness (QED) is 0.355. The molecule has 0 amide bonds. The maximum Gasteiger partial charge on any atom is 0.191 e. The summed E-state index contributed by atoms with van der Waals surface area (Å²) in [5.41, 5.74) is 0.100. The number of hydrogen-bond acceptors (Lipinski definition) is 3. The van der Waals surface area contributed by atoms with Gasteiger partial charge in [-0.25, -0.2) is 0 Å². The fourth-order valence-corrected chi connectivity index (χ4v) is 2.89. The van der Waals surface area contributed by atoms with Gasteiger partial charge >= 0.3 is 0 Å². The first-order chi connectivity index (χ1) is 11.5. The molecule has 0 heterocycles. The highest BCUT2D eigenvalue weighted by atomic mass is 16.5. The second-order valence-corrected chi connectivity index (χ2v) is 6.83. The highest BCUT2D eigenvalue weighted by Crippen LogP contribution is 2.30. The molecule has 5 heteroatoms. The molecule has 5 nitrogen and oxygen atoms in total. The Morgan fingerprint density at radius 2 is 1.79 bits per heavy atom. The monoisotopic (exact) mass is 343 g/mol. The van der Waals surface area contributed by atoms with Gasteiger partial charge in [0.05, 0.1) is 6.10 Å². The molecule has 144 valence electrons. The lowest BCUT2D eigenvalue weighted by Crippen LogP contribution is -2.40. The summed E-state index contributed by atoms with van der Waals surface area (Å²) in [7, 11) is 0.